The first-order valence-corrected chi connectivity index (χ1v) is 4.87. The van der Waals surface area contributed by atoms with Gasteiger partial charge in [-0.2, -0.15) is 0 Å². The smallest absolute Gasteiger partial charge is 0.250 e. The molecule has 0 aromatic carbocycles. The second-order valence-corrected chi connectivity index (χ2v) is 2.91. The lowest BCUT2D eigenvalue weighted by molar-refractivity contribution is -0.116. The van der Waals surface area contributed by atoms with Crippen LogP contribution in [0.4, 0.5) is 0 Å². The molecular weight excluding hydrogens is 190 g/mol. The summed E-state index contributed by atoms with van der Waals surface area (Å²) in [6, 6.07) is 0. The topological polar surface area (TPSA) is 53.2 Å². The van der Waals surface area contributed by atoms with Gasteiger partial charge in [-0.3, -0.25) is 4.79 Å². The summed E-state index contributed by atoms with van der Waals surface area (Å²) in [4.78, 5) is 11.3. The molecule has 0 aromatic rings. The number of amides is 1. The zero-order valence-corrected chi connectivity index (χ0v) is 9.55. The van der Waals surface area contributed by atoms with Crippen molar-refractivity contribution >= 4 is 5.91 Å². The van der Waals surface area contributed by atoms with E-state index >= 15 is 0 Å². The van der Waals surface area contributed by atoms with Crippen molar-refractivity contribution in [2.24, 2.45) is 0 Å². The van der Waals surface area contributed by atoms with Crippen molar-refractivity contribution in [2.45, 2.75) is 13.8 Å². The van der Waals surface area contributed by atoms with Crippen LogP contribution in [-0.4, -0.2) is 19.5 Å². The van der Waals surface area contributed by atoms with E-state index in [2.05, 4.69) is 22.7 Å². The molecule has 0 spiro atoms. The van der Waals surface area contributed by atoms with Crippen LogP contribution in [-0.2, 0) is 4.79 Å². The summed E-state index contributed by atoms with van der Waals surface area (Å²) in [5, 5.41) is 2.54. The molecule has 3 N–H and O–H groups in total. The zero-order chi connectivity index (χ0) is 11.7. The lowest BCUT2D eigenvalue weighted by Crippen LogP contribution is -2.29. The Balaban J connectivity index is 4.43. The third-order valence-electron chi connectivity index (χ3n) is 1.68. The first kappa shape index (κ1) is 13.4. The predicted octanol–water partition coefficient (Wildman–Crippen LogP) is 0.863. The van der Waals surface area contributed by atoms with Crippen LogP contribution in [0.1, 0.15) is 13.8 Å². The summed E-state index contributed by atoms with van der Waals surface area (Å²) >= 11 is 0. The number of hydrogen-bond acceptors (Lipinski definition) is 3. The van der Waals surface area contributed by atoms with Gasteiger partial charge in [-0.1, -0.05) is 19.6 Å². The van der Waals surface area contributed by atoms with Gasteiger partial charge in [-0.05, 0) is 19.1 Å². The number of nitrogens with one attached hydrogen (secondary N) is 3. The van der Waals surface area contributed by atoms with Crippen molar-refractivity contribution in [3.05, 3.63) is 36.1 Å². The molecule has 0 unspecified atom stereocenters. The minimum Gasteiger partial charge on any atom is -0.355 e. The Morgan fingerprint density at radius 1 is 1.40 bits per heavy atom. The Morgan fingerprint density at radius 2 is 2.07 bits per heavy atom. The molecule has 0 rings (SSSR count). The summed E-state index contributed by atoms with van der Waals surface area (Å²) in [6.45, 7) is 8.31. The fourth-order valence-corrected chi connectivity index (χ4v) is 0.865. The molecule has 0 bridgehead atoms. The highest BCUT2D eigenvalue weighted by atomic mass is 16.1. The van der Waals surface area contributed by atoms with Gasteiger partial charge >= 0.3 is 0 Å². The molecular formula is C11H19N3O. The van der Waals surface area contributed by atoms with Gasteiger partial charge in [0.25, 0.3) is 5.91 Å². The molecule has 1 amide bonds. The van der Waals surface area contributed by atoms with Gasteiger partial charge < -0.3 is 10.7 Å². The van der Waals surface area contributed by atoms with Gasteiger partial charge in [-0.25, -0.2) is 5.43 Å². The average Bonchev–Trinajstić information content (AvgIpc) is 2.26. The highest BCUT2D eigenvalue weighted by molar-refractivity contribution is 5.96. The molecule has 0 aliphatic carbocycles. The molecule has 0 aliphatic heterocycles. The third kappa shape index (κ3) is 5.70. The van der Waals surface area contributed by atoms with Crippen LogP contribution in [0.15, 0.2) is 36.1 Å². The average molecular weight is 209 g/mol. The van der Waals surface area contributed by atoms with Crippen LogP contribution in [0, 0.1) is 0 Å². The van der Waals surface area contributed by atoms with E-state index in [-0.39, 0.29) is 5.91 Å². The molecule has 84 valence electrons. The fourth-order valence-electron chi connectivity index (χ4n) is 0.865. The van der Waals surface area contributed by atoms with Crippen molar-refractivity contribution < 1.29 is 4.79 Å². The number of carbonyl (C=O) groups is 1. The predicted molar refractivity (Wildman–Crippen MR) is 62.9 cm³/mol. The van der Waals surface area contributed by atoms with Crippen LogP contribution in [0.3, 0.4) is 0 Å². The molecule has 0 atom stereocenters. The maximum absolute atomic E-state index is 11.3. The molecule has 0 heterocycles. The van der Waals surface area contributed by atoms with Crippen molar-refractivity contribution in [2.75, 3.05) is 13.6 Å². The SMILES string of the molecule is C=C/C(=C\C=C(/C)NNCC)C(=O)NC. The maximum Gasteiger partial charge on any atom is 0.250 e. The molecule has 0 radical (unpaired) electrons. The van der Waals surface area contributed by atoms with E-state index in [0.29, 0.717) is 5.57 Å². The number of hydrogen-bond donors (Lipinski definition) is 3. The Labute approximate surface area is 91.1 Å². The van der Waals surface area contributed by atoms with Crippen LogP contribution >= 0.6 is 0 Å². The van der Waals surface area contributed by atoms with Gasteiger partial charge in [0, 0.05) is 24.9 Å². The van der Waals surface area contributed by atoms with E-state index in [9.17, 15) is 4.79 Å². The summed E-state index contributed by atoms with van der Waals surface area (Å²) in [5.74, 6) is -0.141. The molecule has 4 nitrogen and oxygen atoms in total. The zero-order valence-electron chi connectivity index (χ0n) is 9.55. The summed E-state index contributed by atoms with van der Waals surface area (Å²) in [6.07, 6.45) is 5.05. The Kier molecular flexibility index (Phi) is 7.01. The normalized spacial score (nSPS) is 12.2. The number of likely N-dealkylation sites (N-methyl/N-ethyl adjacent to an activating group) is 1. The molecule has 0 aromatic heterocycles. The highest BCUT2D eigenvalue weighted by Gasteiger charge is 2.00. The minimum absolute atomic E-state index is 0.141. The molecule has 0 saturated carbocycles. The monoisotopic (exact) mass is 209 g/mol. The number of hydrazine groups is 1. The molecule has 0 aliphatic rings. The van der Waals surface area contributed by atoms with Crippen molar-refractivity contribution in [1.29, 1.82) is 0 Å². The molecule has 0 fully saturated rings. The van der Waals surface area contributed by atoms with Crippen molar-refractivity contribution in [1.82, 2.24) is 16.2 Å². The van der Waals surface area contributed by atoms with Crippen LogP contribution in [0.25, 0.3) is 0 Å². The van der Waals surface area contributed by atoms with Crippen LogP contribution in [0.2, 0.25) is 0 Å². The van der Waals surface area contributed by atoms with Gasteiger partial charge in [0.15, 0.2) is 0 Å². The van der Waals surface area contributed by atoms with E-state index < -0.39 is 0 Å². The standard InChI is InChI=1S/C11H19N3O/c1-5-10(11(15)12-4)8-7-9(3)14-13-6-2/h5,7-8,13-14H,1,6H2,2-4H3,(H,12,15)/b9-7+,10-8+. The van der Waals surface area contributed by atoms with E-state index in [1.54, 1.807) is 13.1 Å². The van der Waals surface area contributed by atoms with E-state index in [0.717, 1.165) is 12.2 Å². The number of allylic oxidation sites excluding steroid dienone is 3. The van der Waals surface area contributed by atoms with E-state index in [4.69, 9.17) is 0 Å². The Bertz CT molecular complexity index is 280. The van der Waals surface area contributed by atoms with E-state index in [1.165, 1.54) is 6.08 Å². The number of rotatable bonds is 6. The third-order valence-corrected chi connectivity index (χ3v) is 1.68. The van der Waals surface area contributed by atoms with Crippen molar-refractivity contribution in [3.8, 4) is 0 Å². The second-order valence-electron chi connectivity index (χ2n) is 2.91. The van der Waals surface area contributed by atoms with Crippen LogP contribution < -0.4 is 16.2 Å². The minimum atomic E-state index is -0.141. The summed E-state index contributed by atoms with van der Waals surface area (Å²) in [7, 11) is 1.59. The first-order chi connectivity index (χ1) is 7.15. The fraction of sp³-hybridized carbons (Fsp3) is 0.364. The van der Waals surface area contributed by atoms with Crippen molar-refractivity contribution in [3.63, 3.8) is 0 Å². The van der Waals surface area contributed by atoms with Gasteiger partial charge in [0.05, 0.1) is 0 Å². The summed E-state index contributed by atoms with van der Waals surface area (Å²) < 4.78 is 0. The largest absolute Gasteiger partial charge is 0.355 e. The van der Waals surface area contributed by atoms with Gasteiger partial charge in [-0.15, -0.1) is 0 Å². The second kappa shape index (κ2) is 7.82. The lowest BCUT2D eigenvalue weighted by atomic mass is 10.2. The van der Waals surface area contributed by atoms with Gasteiger partial charge in [0.2, 0.25) is 0 Å². The molecule has 0 saturated heterocycles. The molecule has 4 heteroatoms. The number of carbonyl (C=O) groups excluding carboxylic acids is 1. The van der Waals surface area contributed by atoms with E-state index in [1.807, 2.05) is 19.9 Å². The quantitative estimate of drug-likeness (QED) is 0.345. The first-order valence-electron chi connectivity index (χ1n) is 4.87. The lowest BCUT2D eigenvalue weighted by Gasteiger charge is -2.05. The Hall–Kier alpha value is -1.55. The summed E-state index contributed by atoms with van der Waals surface area (Å²) in [5.41, 5.74) is 7.40. The molecule has 15 heavy (non-hydrogen) atoms. The van der Waals surface area contributed by atoms with Crippen LogP contribution in [0.5, 0.6) is 0 Å². The maximum atomic E-state index is 11.3. The van der Waals surface area contributed by atoms with Gasteiger partial charge in [0.1, 0.15) is 0 Å². The Morgan fingerprint density at radius 3 is 2.53 bits per heavy atom. The highest BCUT2D eigenvalue weighted by Crippen LogP contribution is 1.97.